The number of benzene rings is 1. The first-order chi connectivity index (χ1) is 12.6. The number of hydrogen-bond donors (Lipinski definition) is 2. The molecule has 2 aromatic rings. The van der Waals surface area contributed by atoms with Crippen LogP contribution in [0.1, 0.15) is 58.6 Å². The molecule has 1 heterocycles. The molecule has 3 rings (SSSR count). The Labute approximate surface area is 165 Å². The van der Waals surface area contributed by atoms with E-state index in [1.807, 2.05) is 18.0 Å². The Balaban J connectivity index is 0.00000261. The summed E-state index contributed by atoms with van der Waals surface area (Å²) in [5.41, 5.74) is 6.89. The van der Waals surface area contributed by atoms with E-state index in [2.05, 4.69) is 5.32 Å². The van der Waals surface area contributed by atoms with Crippen LogP contribution in [0.2, 0.25) is 0 Å². The van der Waals surface area contributed by atoms with E-state index in [1.165, 1.54) is 12.7 Å². The lowest BCUT2D eigenvalue weighted by molar-refractivity contribution is 0.0697. The van der Waals surface area contributed by atoms with Crippen molar-refractivity contribution in [3.05, 3.63) is 53.5 Å². The summed E-state index contributed by atoms with van der Waals surface area (Å²) in [6.07, 6.45) is 6.99. The molecule has 1 aromatic carbocycles. The van der Waals surface area contributed by atoms with Gasteiger partial charge in [0.15, 0.2) is 0 Å². The highest BCUT2D eigenvalue weighted by Gasteiger charge is 2.25. The van der Waals surface area contributed by atoms with E-state index < -0.39 is 0 Å². The largest absolute Gasteiger partial charge is 0.467 e. The number of carbonyl (C=O) groups is 2. The number of nitrogens with two attached hydrogens (primary N) is 1. The van der Waals surface area contributed by atoms with Crippen LogP contribution >= 0.6 is 12.4 Å². The first-order valence-electron chi connectivity index (χ1n) is 9.05. The molecule has 1 aliphatic rings. The lowest BCUT2D eigenvalue weighted by Crippen LogP contribution is -2.38. The molecule has 0 spiro atoms. The zero-order valence-corrected chi connectivity index (χ0v) is 16.3. The van der Waals surface area contributed by atoms with Crippen LogP contribution in [0.5, 0.6) is 0 Å². The molecule has 1 aliphatic carbocycles. The summed E-state index contributed by atoms with van der Waals surface area (Å²) < 4.78 is 5.21. The van der Waals surface area contributed by atoms with Gasteiger partial charge >= 0.3 is 0 Å². The Morgan fingerprint density at radius 1 is 1.22 bits per heavy atom. The van der Waals surface area contributed by atoms with Crippen LogP contribution < -0.4 is 11.1 Å². The van der Waals surface area contributed by atoms with Gasteiger partial charge in [-0.3, -0.25) is 9.59 Å². The fourth-order valence-electron chi connectivity index (χ4n) is 3.40. The predicted octanol–water partition coefficient (Wildman–Crippen LogP) is 3.82. The molecule has 6 nitrogen and oxygen atoms in total. The van der Waals surface area contributed by atoms with E-state index in [1.54, 1.807) is 24.3 Å². The summed E-state index contributed by atoms with van der Waals surface area (Å²) in [4.78, 5) is 27.2. The summed E-state index contributed by atoms with van der Waals surface area (Å²) in [6.45, 7) is 0.231. The van der Waals surface area contributed by atoms with Gasteiger partial charge in [0.2, 0.25) is 0 Å². The monoisotopic (exact) mass is 391 g/mol. The molecule has 0 aliphatic heterocycles. The number of halogens is 1. The summed E-state index contributed by atoms with van der Waals surface area (Å²) >= 11 is 0. The maximum absolute atomic E-state index is 13.0. The van der Waals surface area contributed by atoms with Crippen molar-refractivity contribution in [3.63, 3.8) is 0 Å². The number of nitrogens with one attached hydrogen (secondary N) is 1. The molecule has 0 bridgehead atoms. The number of hydrogen-bond acceptors (Lipinski definition) is 4. The molecule has 3 N–H and O–H groups in total. The summed E-state index contributed by atoms with van der Waals surface area (Å²) in [5, 5.41) is 2.82. The highest BCUT2D eigenvalue weighted by molar-refractivity contribution is 6.08. The molecule has 1 aromatic heterocycles. The van der Waals surface area contributed by atoms with Crippen LogP contribution in [0, 0.1) is 0 Å². The molecule has 7 heteroatoms. The minimum Gasteiger partial charge on any atom is -0.467 e. The van der Waals surface area contributed by atoms with E-state index in [0.717, 1.165) is 25.7 Å². The molecule has 27 heavy (non-hydrogen) atoms. The van der Waals surface area contributed by atoms with E-state index in [4.69, 9.17) is 10.2 Å². The second-order valence-corrected chi connectivity index (χ2v) is 6.71. The minimum absolute atomic E-state index is 0. The zero-order chi connectivity index (χ0) is 18.5. The SMILES string of the molecule is CN(C(=O)c1ccccc1NC(=O)c1coc(CN)c1)C1CCCCC1.Cl. The Morgan fingerprint density at radius 2 is 1.93 bits per heavy atom. The Hall–Kier alpha value is -2.31. The highest BCUT2D eigenvalue weighted by atomic mass is 35.5. The van der Waals surface area contributed by atoms with Crippen molar-refractivity contribution in [3.8, 4) is 0 Å². The van der Waals surface area contributed by atoms with Gasteiger partial charge in [-0.05, 0) is 31.0 Å². The molecule has 1 saturated carbocycles. The van der Waals surface area contributed by atoms with Gasteiger partial charge in [0, 0.05) is 13.1 Å². The number of nitrogens with zero attached hydrogens (tertiary/aromatic N) is 1. The van der Waals surface area contributed by atoms with Crippen molar-refractivity contribution in [2.24, 2.45) is 5.73 Å². The normalized spacial score (nSPS) is 14.3. The highest BCUT2D eigenvalue weighted by Crippen LogP contribution is 2.25. The molecular weight excluding hydrogens is 366 g/mol. The van der Waals surface area contributed by atoms with Crippen LogP contribution in [0.15, 0.2) is 41.0 Å². The van der Waals surface area contributed by atoms with E-state index >= 15 is 0 Å². The molecule has 0 unspecified atom stereocenters. The number of rotatable bonds is 5. The molecule has 1 fully saturated rings. The maximum Gasteiger partial charge on any atom is 0.258 e. The first-order valence-corrected chi connectivity index (χ1v) is 9.05. The molecule has 0 saturated heterocycles. The average Bonchev–Trinajstić information content (AvgIpc) is 3.17. The standard InChI is InChI=1S/C20H25N3O3.ClH/c1-23(15-7-3-2-4-8-15)20(25)17-9-5-6-10-18(17)22-19(24)14-11-16(12-21)26-13-14;/h5-6,9-11,13,15H,2-4,7-8,12,21H2,1H3,(H,22,24);1H. The van der Waals surface area contributed by atoms with Gasteiger partial charge in [-0.15, -0.1) is 12.4 Å². The van der Waals surface area contributed by atoms with E-state index in [0.29, 0.717) is 22.6 Å². The number of para-hydroxylation sites is 1. The molecule has 2 amide bonds. The van der Waals surface area contributed by atoms with Crippen LogP contribution in [0.25, 0.3) is 0 Å². The second-order valence-electron chi connectivity index (χ2n) is 6.71. The summed E-state index contributed by atoms with van der Waals surface area (Å²) in [7, 11) is 1.85. The Bertz CT molecular complexity index is 784. The average molecular weight is 392 g/mol. The van der Waals surface area contributed by atoms with Gasteiger partial charge in [0.25, 0.3) is 11.8 Å². The Morgan fingerprint density at radius 3 is 2.59 bits per heavy atom. The topological polar surface area (TPSA) is 88.6 Å². The quantitative estimate of drug-likeness (QED) is 0.810. The third-order valence-electron chi connectivity index (χ3n) is 4.97. The van der Waals surface area contributed by atoms with Gasteiger partial charge in [-0.25, -0.2) is 0 Å². The van der Waals surface area contributed by atoms with Gasteiger partial charge in [0.1, 0.15) is 12.0 Å². The molecule has 0 atom stereocenters. The smallest absolute Gasteiger partial charge is 0.258 e. The minimum atomic E-state index is -0.325. The van der Waals surface area contributed by atoms with Crippen LogP contribution in [0.4, 0.5) is 5.69 Å². The van der Waals surface area contributed by atoms with Gasteiger partial charge in [-0.1, -0.05) is 31.4 Å². The first kappa shape index (κ1) is 21.0. The molecule has 146 valence electrons. The van der Waals surface area contributed by atoms with Crippen LogP contribution in [-0.2, 0) is 6.54 Å². The Kier molecular flexibility index (Phi) is 7.45. The van der Waals surface area contributed by atoms with Gasteiger partial charge in [0.05, 0.1) is 23.4 Å². The third kappa shape index (κ3) is 4.90. The van der Waals surface area contributed by atoms with Crippen molar-refractivity contribution >= 4 is 29.9 Å². The zero-order valence-electron chi connectivity index (χ0n) is 15.4. The van der Waals surface area contributed by atoms with Crippen molar-refractivity contribution < 1.29 is 14.0 Å². The van der Waals surface area contributed by atoms with Crippen molar-refractivity contribution in [2.75, 3.05) is 12.4 Å². The predicted molar refractivity (Wildman–Crippen MR) is 107 cm³/mol. The lowest BCUT2D eigenvalue weighted by atomic mass is 9.94. The van der Waals surface area contributed by atoms with Crippen LogP contribution in [0.3, 0.4) is 0 Å². The van der Waals surface area contributed by atoms with Gasteiger partial charge < -0.3 is 20.4 Å². The maximum atomic E-state index is 13.0. The molecule has 0 radical (unpaired) electrons. The van der Waals surface area contributed by atoms with Crippen LogP contribution in [-0.4, -0.2) is 29.8 Å². The fourth-order valence-corrected chi connectivity index (χ4v) is 3.40. The van der Waals surface area contributed by atoms with E-state index in [9.17, 15) is 9.59 Å². The summed E-state index contributed by atoms with van der Waals surface area (Å²) in [6, 6.07) is 8.96. The number of amides is 2. The van der Waals surface area contributed by atoms with E-state index in [-0.39, 0.29) is 36.8 Å². The second kappa shape index (κ2) is 9.58. The lowest BCUT2D eigenvalue weighted by Gasteiger charge is -2.31. The third-order valence-corrected chi connectivity index (χ3v) is 4.97. The van der Waals surface area contributed by atoms with Crippen molar-refractivity contribution in [1.29, 1.82) is 0 Å². The number of carbonyl (C=O) groups excluding carboxylic acids is 2. The summed E-state index contributed by atoms with van der Waals surface area (Å²) in [5.74, 6) is 0.146. The number of furan rings is 1. The molecular formula is C20H26ClN3O3. The fraction of sp³-hybridized carbons (Fsp3) is 0.400. The van der Waals surface area contributed by atoms with Crippen molar-refractivity contribution in [2.45, 2.75) is 44.7 Å². The van der Waals surface area contributed by atoms with Gasteiger partial charge in [-0.2, -0.15) is 0 Å². The van der Waals surface area contributed by atoms with Crippen molar-refractivity contribution in [1.82, 2.24) is 4.90 Å². The number of anilines is 1.